The van der Waals surface area contributed by atoms with Gasteiger partial charge in [0.1, 0.15) is 0 Å². The van der Waals surface area contributed by atoms with E-state index in [9.17, 15) is 4.79 Å². The van der Waals surface area contributed by atoms with E-state index in [1.54, 1.807) is 12.1 Å². The second-order valence-electron chi connectivity index (χ2n) is 3.92. The van der Waals surface area contributed by atoms with Gasteiger partial charge >= 0.3 is 0 Å². The van der Waals surface area contributed by atoms with Crippen LogP contribution in [0.5, 0.6) is 0 Å². The Morgan fingerprint density at radius 2 is 1.52 bits per heavy atom. The van der Waals surface area contributed by atoms with Crippen LogP contribution in [0.4, 0.5) is 5.69 Å². The average molecular weight is 384 g/mol. The lowest BCUT2D eigenvalue weighted by Crippen LogP contribution is -2.29. The SMILES string of the molecule is O=C(NNc1c(Cl)cc(Cl)cc1Cl)c1cccc(Cl)c1Cl. The van der Waals surface area contributed by atoms with Crippen LogP contribution < -0.4 is 10.9 Å². The van der Waals surface area contributed by atoms with Crippen molar-refractivity contribution in [1.29, 1.82) is 0 Å². The highest BCUT2D eigenvalue weighted by molar-refractivity contribution is 6.44. The summed E-state index contributed by atoms with van der Waals surface area (Å²) in [5.74, 6) is -0.482. The molecule has 21 heavy (non-hydrogen) atoms. The highest BCUT2D eigenvalue weighted by Crippen LogP contribution is 2.33. The van der Waals surface area contributed by atoms with Crippen LogP contribution >= 0.6 is 58.0 Å². The molecule has 0 fully saturated rings. The first-order valence-electron chi connectivity index (χ1n) is 5.55. The average Bonchev–Trinajstić information content (AvgIpc) is 2.40. The predicted molar refractivity (Wildman–Crippen MR) is 89.0 cm³/mol. The summed E-state index contributed by atoms with van der Waals surface area (Å²) in [5, 5.41) is 1.37. The monoisotopic (exact) mass is 382 g/mol. The summed E-state index contributed by atoms with van der Waals surface area (Å²) in [6.45, 7) is 0. The minimum Gasteiger partial charge on any atom is -0.295 e. The second kappa shape index (κ2) is 6.95. The van der Waals surface area contributed by atoms with Gasteiger partial charge in [0.2, 0.25) is 0 Å². The van der Waals surface area contributed by atoms with Crippen LogP contribution in [0.1, 0.15) is 10.4 Å². The molecule has 110 valence electrons. The molecule has 0 bridgehead atoms. The summed E-state index contributed by atoms with van der Waals surface area (Å²) in [5.41, 5.74) is 5.62. The third-order valence-electron chi connectivity index (χ3n) is 2.50. The van der Waals surface area contributed by atoms with Crippen molar-refractivity contribution in [2.24, 2.45) is 0 Å². The van der Waals surface area contributed by atoms with Gasteiger partial charge in [0.15, 0.2) is 0 Å². The lowest BCUT2D eigenvalue weighted by molar-refractivity contribution is 0.0963. The van der Waals surface area contributed by atoms with Gasteiger partial charge in [0.05, 0.1) is 31.3 Å². The number of nitrogens with one attached hydrogen (secondary N) is 2. The molecule has 0 saturated heterocycles. The largest absolute Gasteiger partial charge is 0.295 e. The topological polar surface area (TPSA) is 41.1 Å². The zero-order valence-corrected chi connectivity index (χ0v) is 14.0. The molecule has 0 aliphatic heterocycles. The fourth-order valence-electron chi connectivity index (χ4n) is 1.53. The first kappa shape index (κ1) is 16.5. The van der Waals surface area contributed by atoms with Crippen molar-refractivity contribution in [2.45, 2.75) is 0 Å². The van der Waals surface area contributed by atoms with Crippen LogP contribution in [0.2, 0.25) is 25.1 Å². The zero-order chi connectivity index (χ0) is 15.6. The summed E-state index contributed by atoms with van der Waals surface area (Å²) >= 11 is 29.6. The maximum atomic E-state index is 12.1. The molecular weight excluding hydrogens is 377 g/mol. The van der Waals surface area contributed by atoms with Crippen LogP contribution in [0.3, 0.4) is 0 Å². The van der Waals surface area contributed by atoms with Gasteiger partial charge < -0.3 is 0 Å². The van der Waals surface area contributed by atoms with Crippen molar-refractivity contribution < 1.29 is 4.79 Å². The molecule has 0 unspecified atom stereocenters. The van der Waals surface area contributed by atoms with Gasteiger partial charge in [0.25, 0.3) is 5.91 Å². The Hall–Kier alpha value is -0.840. The predicted octanol–water partition coefficient (Wildman–Crippen LogP) is 5.71. The highest BCUT2D eigenvalue weighted by atomic mass is 35.5. The number of benzene rings is 2. The number of halogens is 5. The quantitative estimate of drug-likeness (QED) is 0.666. The Kier molecular flexibility index (Phi) is 5.47. The molecule has 8 heteroatoms. The Balaban J connectivity index is 2.17. The number of carbonyl (C=O) groups excluding carboxylic acids is 1. The summed E-state index contributed by atoms with van der Waals surface area (Å²) in [6, 6.07) is 7.73. The molecule has 1 amide bonds. The smallest absolute Gasteiger partial charge is 0.271 e. The van der Waals surface area contributed by atoms with Crippen molar-refractivity contribution in [3.63, 3.8) is 0 Å². The van der Waals surface area contributed by atoms with Gasteiger partial charge in [-0.2, -0.15) is 0 Å². The highest BCUT2D eigenvalue weighted by Gasteiger charge is 2.14. The summed E-state index contributed by atoms with van der Waals surface area (Å²) in [4.78, 5) is 12.1. The van der Waals surface area contributed by atoms with Crippen molar-refractivity contribution >= 4 is 69.6 Å². The van der Waals surface area contributed by atoms with Crippen LogP contribution in [-0.2, 0) is 0 Å². The summed E-state index contributed by atoms with van der Waals surface area (Å²) in [7, 11) is 0. The van der Waals surface area contributed by atoms with E-state index in [1.807, 2.05) is 0 Å². The Bertz CT molecular complexity index is 682. The standard InChI is InChI=1S/C13H7Cl5N2O/c14-6-4-9(16)12(10(17)5-6)19-20-13(21)7-2-1-3-8(15)11(7)18/h1-5,19H,(H,20,21). The Morgan fingerprint density at radius 1 is 0.905 bits per heavy atom. The van der Waals surface area contributed by atoms with Gasteiger partial charge in [-0.15, -0.1) is 0 Å². The van der Waals surface area contributed by atoms with Crippen LogP contribution in [0, 0.1) is 0 Å². The Morgan fingerprint density at radius 3 is 2.14 bits per heavy atom. The van der Waals surface area contributed by atoms with E-state index in [-0.39, 0.29) is 25.7 Å². The van der Waals surface area contributed by atoms with Crippen molar-refractivity contribution in [3.05, 3.63) is 61.0 Å². The molecule has 0 saturated carbocycles. The molecule has 0 aromatic heterocycles. The van der Waals surface area contributed by atoms with E-state index in [2.05, 4.69) is 10.9 Å². The molecular formula is C13H7Cl5N2O. The maximum absolute atomic E-state index is 12.1. The fourth-order valence-corrected chi connectivity index (χ4v) is 2.83. The number of rotatable bonds is 3. The number of carbonyl (C=O) groups is 1. The number of hydrogen-bond acceptors (Lipinski definition) is 2. The normalized spacial score (nSPS) is 10.3. The second-order valence-corrected chi connectivity index (χ2v) is 5.96. The molecule has 2 N–H and O–H groups in total. The van der Waals surface area contributed by atoms with Crippen molar-refractivity contribution in [3.8, 4) is 0 Å². The van der Waals surface area contributed by atoms with Crippen LogP contribution in [0.15, 0.2) is 30.3 Å². The van der Waals surface area contributed by atoms with E-state index in [0.29, 0.717) is 10.7 Å². The fraction of sp³-hybridized carbons (Fsp3) is 0. The summed E-state index contributed by atoms with van der Waals surface area (Å²) in [6.07, 6.45) is 0. The lowest BCUT2D eigenvalue weighted by Gasteiger charge is -2.13. The first-order valence-corrected chi connectivity index (χ1v) is 7.44. The first-order chi connectivity index (χ1) is 9.90. The van der Waals surface area contributed by atoms with E-state index >= 15 is 0 Å². The third kappa shape index (κ3) is 3.87. The molecule has 0 atom stereocenters. The number of hydrogen-bond donors (Lipinski definition) is 2. The molecule has 0 spiro atoms. The van der Waals surface area contributed by atoms with E-state index in [1.165, 1.54) is 18.2 Å². The zero-order valence-electron chi connectivity index (χ0n) is 10.2. The molecule has 0 heterocycles. The molecule has 0 radical (unpaired) electrons. The molecule has 2 aromatic carbocycles. The van der Waals surface area contributed by atoms with Gasteiger partial charge in [-0.25, -0.2) is 0 Å². The molecule has 3 nitrogen and oxygen atoms in total. The molecule has 2 rings (SSSR count). The maximum Gasteiger partial charge on any atom is 0.271 e. The van der Waals surface area contributed by atoms with Gasteiger partial charge in [-0.05, 0) is 24.3 Å². The van der Waals surface area contributed by atoms with Gasteiger partial charge in [-0.1, -0.05) is 64.1 Å². The molecule has 2 aromatic rings. The van der Waals surface area contributed by atoms with E-state index in [0.717, 1.165) is 0 Å². The minimum absolute atomic E-state index is 0.159. The number of hydrazine groups is 1. The van der Waals surface area contributed by atoms with Crippen molar-refractivity contribution in [2.75, 3.05) is 5.43 Å². The van der Waals surface area contributed by atoms with Crippen LogP contribution in [-0.4, -0.2) is 5.91 Å². The van der Waals surface area contributed by atoms with Gasteiger partial charge in [-0.3, -0.25) is 15.6 Å². The lowest BCUT2D eigenvalue weighted by atomic mass is 10.2. The minimum atomic E-state index is -0.482. The van der Waals surface area contributed by atoms with Crippen molar-refractivity contribution in [1.82, 2.24) is 5.43 Å². The van der Waals surface area contributed by atoms with Crippen LogP contribution in [0.25, 0.3) is 0 Å². The van der Waals surface area contributed by atoms with Gasteiger partial charge in [0, 0.05) is 5.02 Å². The summed E-state index contributed by atoms with van der Waals surface area (Å²) < 4.78 is 0. The van der Waals surface area contributed by atoms with E-state index in [4.69, 9.17) is 58.0 Å². The molecule has 0 aliphatic carbocycles. The van der Waals surface area contributed by atoms with E-state index < -0.39 is 5.91 Å². The molecule has 0 aliphatic rings. The number of anilines is 1. The third-order valence-corrected chi connectivity index (χ3v) is 4.14. The number of amides is 1. The Labute approximate surface area is 146 Å².